The molecular formula is C11H23N2+. The van der Waals surface area contributed by atoms with Crippen LogP contribution in [-0.2, 0) is 0 Å². The molecule has 2 N–H and O–H groups in total. The highest BCUT2D eigenvalue weighted by Gasteiger charge is 2.01. The molecule has 0 bridgehead atoms. The van der Waals surface area contributed by atoms with Crippen molar-refractivity contribution in [3.8, 4) is 0 Å². The number of nitrogens with zero attached hydrogens (tertiary/aromatic N) is 1. The number of rotatable bonds is 5. The third kappa shape index (κ3) is 7.72. The van der Waals surface area contributed by atoms with Crippen molar-refractivity contribution >= 4 is 6.21 Å². The van der Waals surface area contributed by atoms with Gasteiger partial charge in [-0.05, 0) is 26.0 Å². The number of allylic oxidation sites excluding steroid dienone is 1. The predicted octanol–water partition coefficient (Wildman–Crippen LogP) is 2.00. The van der Waals surface area contributed by atoms with Gasteiger partial charge in [-0.3, -0.25) is 0 Å². The Morgan fingerprint density at radius 2 is 2.00 bits per heavy atom. The Balaban J connectivity index is 4.28. The van der Waals surface area contributed by atoms with Gasteiger partial charge in [0.25, 0.3) is 0 Å². The van der Waals surface area contributed by atoms with E-state index < -0.39 is 0 Å². The first-order valence-electron chi connectivity index (χ1n) is 5.02. The van der Waals surface area contributed by atoms with Gasteiger partial charge in [-0.25, -0.2) is 4.58 Å². The summed E-state index contributed by atoms with van der Waals surface area (Å²) in [7, 11) is 0. The van der Waals surface area contributed by atoms with Gasteiger partial charge in [0.05, 0.1) is 0 Å². The highest BCUT2D eigenvalue weighted by molar-refractivity contribution is 5.54. The maximum absolute atomic E-state index is 5.48. The molecular weight excluding hydrogens is 160 g/mol. The first-order chi connectivity index (χ1) is 6.06. The molecule has 0 aliphatic carbocycles. The summed E-state index contributed by atoms with van der Waals surface area (Å²) >= 11 is 0. The summed E-state index contributed by atoms with van der Waals surface area (Å²) in [4.78, 5) is 0. The van der Waals surface area contributed by atoms with Crippen LogP contribution in [0.5, 0.6) is 0 Å². The highest BCUT2D eigenvalue weighted by Crippen LogP contribution is 1.94. The molecule has 13 heavy (non-hydrogen) atoms. The van der Waals surface area contributed by atoms with E-state index in [0.717, 1.165) is 19.5 Å². The maximum Gasteiger partial charge on any atom is 0.167 e. The molecule has 0 radical (unpaired) electrons. The lowest BCUT2D eigenvalue weighted by atomic mass is 10.2. The Labute approximate surface area is 82.1 Å². The molecule has 0 saturated heterocycles. The van der Waals surface area contributed by atoms with Crippen LogP contribution in [0.15, 0.2) is 11.8 Å². The summed E-state index contributed by atoms with van der Waals surface area (Å²) < 4.78 is 2.24. The van der Waals surface area contributed by atoms with Crippen LogP contribution in [-0.4, -0.2) is 23.9 Å². The molecule has 0 fully saturated rings. The zero-order valence-corrected chi connectivity index (χ0v) is 9.38. The molecule has 0 unspecified atom stereocenters. The Bertz CT molecular complexity index is 186. The van der Waals surface area contributed by atoms with Gasteiger partial charge in [-0.15, -0.1) is 0 Å². The Kier molecular flexibility index (Phi) is 6.51. The van der Waals surface area contributed by atoms with Crippen molar-refractivity contribution < 1.29 is 4.58 Å². The Hall–Kier alpha value is -0.630. The Morgan fingerprint density at radius 3 is 2.38 bits per heavy atom. The maximum atomic E-state index is 5.48. The lowest BCUT2D eigenvalue weighted by molar-refractivity contribution is -0.455. The van der Waals surface area contributed by atoms with Gasteiger partial charge in [0.2, 0.25) is 0 Å². The lowest BCUT2D eigenvalue weighted by Gasteiger charge is -1.99. The largest absolute Gasteiger partial charge is 0.330 e. The average molecular weight is 183 g/mol. The van der Waals surface area contributed by atoms with E-state index in [0.29, 0.717) is 5.92 Å². The molecule has 2 nitrogen and oxygen atoms in total. The topological polar surface area (TPSA) is 29.0 Å². The van der Waals surface area contributed by atoms with E-state index in [1.807, 2.05) is 0 Å². The average Bonchev–Trinajstić information content (AvgIpc) is 1.98. The van der Waals surface area contributed by atoms with Gasteiger partial charge >= 0.3 is 0 Å². The third-order valence-corrected chi connectivity index (χ3v) is 1.53. The van der Waals surface area contributed by atoms with Crippen LogP contribution in [0.4, 0.5) is 0 Å². The van der Waals surface area contributed by atoms with Gasteiger partial charge in [0.15, 0.2) is 6.20 Å². The minimum atomic E-state index is 0.591. The van der Waals surface area contributed by atoms with E-state index in [2.05, 4.69) is 44.7 Å². The SMILES string of the molecule is CC(C)=C[N+](=CC(C)C)CCCN. The van der Waals surface area contributed by atoms with Crippen molar-refractivity contribution in [3.63, 3.8) is 0 Å². The summed E-state index contributed by atoms with van der Waals surface area (Å²) in [5.74, 6) is 0.591. The van der Waals surface area contributed by atoms with E-state index >= 15 is 0 Å². The minimum Gasteiger partial charge on any atom is -0.330 e. The van der Waals surface area contributed by atoms with Crippen LogP contribution < -0.4 is 5.73 Å². The van der Waals surface area contributed by atoms with E-state index in [1.54, 1.807) is 0 Å². The molecule has 0 heterocycles. The normalized spacial score (nSPS) is 12.0. The fourth-order valence-corrected chi connectivity index (χ4v) is 1.17. The van der Waals surface area contributed by atoms with E-state index in [1.165, 1.54) is 5.57 Å². The van der Waals surface area contributed by atoms with Crippen LogP contribution in [0.25, 0.3) is 0 Å². The summed E-state index contributed by atoms with van der Waals surface area (Å²) in [6.45, 7) is 10.4. The highest BCUT2D eigenvalue weighted by atomic mass is 15.0. The zero-order chi connectivity index (χ0) is 10.3. The molecule has 2 heteroatoms. The minimum absolute atomic E-state index is 0.591. The molecule has 0 aliphatic heterocycles. The quantitative estimate of drug-likeness (QED) is 0.512. The second-order valence-corrected chi connectivity index (χ2v) is 3.98. The lowest BCUT2D eigenvalue weighted by Crippen LogP contribution is -2.15. The first-order valence-corrected chi connectivity index (χ1v) is 5.02. The summed E-state index contributed by atoms with van der Waals surface area (Å²) in [6, 6.07) is 0. The molecule has 0 aliphatic rings. The molecule has 0 saturated carbocycles. The van der Waals surface area contributed by atoms with Crippen molar-refractivity contribution in [1.29, 1.82) is 0 Å². The molecule has 0 aromatic rings. The summed E-state index contributed by atoms with van der Waals surface area (Å²) in [6.07, 6.45) is 5.46. The van der Waals surface area contributed by atoms with Crippen LogP contribution >= 0.6 is 0 Å². The monoisotopic (exact) mass is 183 g/mol. The second-order valence-electron chi connectivity index (χ2n) is 3.98. The van der Waals surface area contributed by atoms with Crippen molar-refractivity contribution in [1.82, 2.24) is 0 Å². The van der Waals surface area contributed by atoms with Gasteiger partial charge in [-0.2, -0.15) is 0 Å². The predicted molar refractivity (Wildman–Crippen MR) is 59.1 cm³/mol. The van der Waals surface area contributed by atoms with Crippen LogP contribution in [0.3, 0.4) is 0 Å². The van der Waals surface area contributed by atoms with Crippen LogP contribution in [0, 0.1) is 5.92 Å². The third-order valence-electron chi connectivity index (χ3n) is 1.53. The molecule has 0 atom stereocenters. The van der Waals surface area contributed by atoms with Gasteiger partial charge in [0, 0.05) is 12.3 Å². The van der Waals surface area contributed by atoms with E-state index in [-0.39, 0.29) is 0 Å². The zero-order valence-electron chi connectivity index (χ0n) is 9.38. The first kappa shape index (κ1) is 12.4. The van der Waals surface area contributed by atoms with Gasteiger partial charge in [0.1, 0.15) is 12.8 Å². The standard InChI is InChI=1S/C11H23N2/c1-10(2)8-13(7-5-6-12)9-11(3)4/h8-10H,5-7,12H2,1-4H3/q+1. The van der Waals surface area contributed by atoms with Crippen LogP contribution in [0.2, 0.25) is 0 Å². The summed E-state index contributed by atoms with van der Waals surface area (Å²) in [5.41, 5.74) is 6.80. The van der Waals surface area contributed by atoms with Crippen molar-refractivity contribution in [3.05, 3.63) is 11.8 Å². The fourth-order valence-electron chi connectivity index (χ4n) is 1.17. The number of hydrogen-bond donors (Lipinski definition) is 1. The molecule has 0 rings (SSSR count). The summed E-state index contributed by atoms with van der Waals surface area (Å²) in [5, 5.41) is 0. The van der Waals surface area contributed by atoms with Crippen molar-refractivity contribution in [2.45, 2.75) is 34.1 Å². The fraction of sp³-hybridized carbons (Fsp3) is 0.727. The van der Waals surface area contributed by atoms with Crippen molar-refractivity contribution in [2.24, 2.45) is 11.7 Å². The number of hydrogen-bond acceptors (Lipinski definition) is 1. The smallest absolute Gasteiger partial charge is 0.167 e. The molecule has 0 amide bonds. The van der Waals surface area contributed by atoms with Gasteiger partial charge < -0.3 is 5.73 Å². The van der Waals surface area contributed by atoms with Gasteiger partial charge in [-0.1, -0.05) is 13.8 Å². The molecule has 76 valence electrons. The molecule has 0 aromatic carbocycles. The molecule has 0 spiro atoms. The Morgan fingerprint density at radius 1 is 1.38 bits per heavy atom. The number of nitrogens with two attached hydrogens (primary N) is 1. The van der Waals surface area contributed by atoms with Crippen LogP contribution in [0.1, 0.15) is 34.1 Å². The second kappa shape index (κ2) is 6.84. The van der Waals surface area contributed by atoms with Crippen molar-refractivity contribution in [2.75, 3.05) is 13.1 Å². The van der Waals surface area contributed by atoms with E-state index in [4.69, 9.17) is 5.73 Å². The van der Waals surface area contributed by atoms with E-state index in [9.17, 15) is 0 Å². The molecule has 0 aromatic heterocycles.